The summed E-state index contributed by atoms with van der Waals surface area (Å²) in [6.07, 6.45) is 2.60. The molecule has 0 bridgehead atoms. The molecule has 0 spiro atoms. The third-order valence-electron chi connectivity index (χ3n) is 1.97. The van der Waals surface area contributed by atoms with Crippen LogP contribution in [0.25, 0.3) is 0 Å². The quantitative estimate of drug-likeness (QED) is 0.818. The van der Waals surface area contributed by atoms with Crippen LogP contribution in [0.1, 0.15) is 38.9 Å². The molecule has 0 aliphatic rings. The molecule has 0 aliphatic heterocycles. The standard InChI is InChI=1S/C11H17ClN2/c1-11(2,3)7-9(13)10-8(12)5-4-6-14-10/h4-6,9H,7,13H2,1-3H3. The Morgan fingerprint density at radius 1 is 1.50 bits per heavy atom. The minimum atomic E-state index is -0.0799. The summed E-state index contributed by atoms with van der Waals surface area (Å²) in [5.41, 5.74) is 7.03. The van der Waals surface area contributed by atoms with Gasteiger partial charge >= 0.3 is 0 Å². The van der Waals surface area contributed by atoms with Gasteiger partial charge in [-0.2, -0.15) is 0 Å². The maximum atomic E-state index is 6.04. The highest BCUT2D eigenvalue weighted by Crippen LogP contribution is 2.29. The Morgan fingerprint density at radius 2 is 2.14 bits per heavy atom. The number of hydrogen-bond donors (Lipinski definition) is 1. The number of nitrogens with zero attached hydrogens (tertiary/aromatic N) is 1. The number of pyridine rings is 1. The van der Waals surface area contributed by atoms with Crippen molar-refractivity contribution in [3.8, 4) is 0 Å². The van der Waals surface area contributed by atoms with E-state index in [0.717, 1.165) is 12.1 Å². The van der Waals surface area contributed by atoms with Crippen LogP contribution in [-0.2, 0) is 0 Å². The lowest BCUT2D eigenvalue weighted by atomic mass is 9.87. The molecule has 14 heavy (non-hydrogen) atoms. The fourth-order valence-electron chi connectivity index (χ4n) is 1.43. The Balaban J connectivity index is 2.80. The number of halogens is 1. The van der Waals surface area contributed by atoms with Gasteiger partial charge in [-0.1, -0.05) is 32.4 Å². The van der Waals surface area contributed by atoms with Gasteiger partial charge in [-0.05, 0) is 24.0 Å². The highest BCUT2D eigenvalue weighted by atomic mass is 35.5. The third-order valence-corrected chi connectivity index (χ3v) is 2.29. The molecule has 0 saturated carbocycles. The van der Waals surface area contributed by atoms with Crippen molar-refractivity contribution in [2.75, 3.05) is 0 Å². The monoisotopic (exact) mass is 212 g/mol. The lowest BCUT2D eigenvalue weighted by Crippen LogP contribution is -2.20. The molecule has 3 heteroatoms. The molecule has 1 rings (SSSR count). The second kappa shape index (κ2) is 4.28. The molecule has 0 radical (unpaired) electrons. The van der Waals surface area contributed by atoms with Crippen LogP contribution < -0.4 is 5.73 Å². The zero-order valence-corrected chi connectivity index (χ0v) is 9.67. The van der Waals surface area contributed by atoms with E-state index in [1.54, 1.807) is 6.20 Å². The lowest BCUT2D eigenvalue weighted by molar-refractivity contribution is 0.340. The van der Waals surface area contributed by atoms with E-state index in [-0.39, 0.29) is 11.5 Å². The molecule has 0 aromatic carbocycles. The van der Waals surface area contributed by atoms with Gasteiger partial charge in [0.2, 0.25) is 0 Å². The second-order valence-electron chi connectivity index (χ2n) is 4.74. The van der Waals surface area contributed by atoms with Crippen molar-refractivity contribution in [2.45, 2.75) is 33.2 Å². The zero-order chi connectivity index (χ0) is 10.8. The summed E-state index contributed by atoms with van der Waals surface area (Å²) in [5.74, 6) is 0. The zero-order valence-electron chi connectivity index (χ0n) is 8.92. The Morgan fingerprint density at radius 3 is 2.64 bits per heavy atom. The Hall–Kier alpha value is -0.600. The molecule has 1 aromatic rings. The van der Waals surface area contributed by atoms with E-state index in [1.165, 1.54) is 0 Å². The average Bonchev–Trinajstić information content (AvgIpc) is 2.01. The first-order valence-corrected chi connectivity index (χ1v) is 5.14. The van der Waals surface area contributed by atoms with Gasteiger partial charge in [-0.3, -0.25) is 4.98 Å². The van der Waals surface area contributed by atoms with Gasteiger partial charge < -0.3 is 5.73 Å². The second-order valence-corrected chi connectivity index (χ2v) is 5.15. The molecular weight excluding hydrogens is 196 g/mol. The van der Waals surface area contributed by atoms with E-state index in [2.05, 4.69) is 25.8 Å². The van der Waals surface area contributed by atoms with Crippen LogP contribution in [0.3, 0.4) is 0 Å². The van der Waals surface area contributed by atoms with Gasteiger partial charge in [-0.25, -0.2) is 0 Å². The smallest absolute Gasteiger partial charge is 0.0756 e. The average molecular weight is 213 g/mol. The fourth-order valence-corrected chi connectivity index (χ4v) is 1.69. The minimum Gasteiger partial charge on any atom is -0.323 e. The summed E-state index contributed by atoms with van der Waals surface area (Å²) in [7, 11) is 0. The number of nitrogens with two attached hydrogens (primary N) is 1. The highest BCUT2D eigenvalue weighted by Gasteiger charge is 2.19. The van der Waals surface area contributed by atoms with Crippen molar-refractivity contribution >= 4 is 11.6 Å². The summed E-state index contributed by atoms with van der Waals surface area (Å²) in [6.45, 7) is 6.47. The van der Waals surface area contributed by atoms with Crippen LogP contribution in [-0.4, -0.2) is 4.98 Å². The van der Waals surface area contributed by atoms with Crippen LogP contribution in [0, 0.1) is 5.41 Å². The molecule has 0 fully saturated rings. The summed E-state index contributed by atoms with van der Waals surface area (Å²) >= 11 is 6.01. The number of hydrogen-bond acceptors (Lipinski definition) is 2. The molecule has 0 amide bonds. The maximum absolute atomic E-state index is 6.04. The van der Waals surface area contributed by atoms with Gasteiger partial charge in [0, 0.05) is 12.2 Å². The van der Waals surface area contributed by atoms with Crippen molar-refractivity contribution < 1.29 is 0 Å². The van der Waals surface area contributed by atoms with Gasteiger partial charge in [-0.15, -0.1) is 0 Å². The van der Waals surface area contributed by atoms with E-state index in [9.17, 15) is 0 Å². The van der Waals surface area contributed by atoms with Crippen molar-refractivity contribution in [3.05, 3.63) is 29.0 Å². The van der Waals surface area contributed by atoms with Crippen LogP contribution >= 0.6 is 11.6 Å². The molecule has 78 valence electrons. The van der Waals surface area contributed by atoms with E-state index in [0.29, 0.717) is 5.02 Å². The number of aromatic nitrogens is 1. The van der Waals surface area contributed by atoms with Gasteiger partial charge in [0.25, 0.3) is 0 Å². The van der Waals surface area contributed by atoms with Crippen LogP contribution in [0.2, 0.25) is 5.02 Å². The normalized spacial score (nSPS) is 14.1. The summed E-state index contributed by atoms with van der Waals surface area (Å²) < 4.78 is 0. The molecule has 1 unspecified atom stereocenters. The van der Waals surface area contributed by atoms with E-state index in [1.807, 2.05) is 12.1 Å². The lowest BCUT2D eigenvalue weighted by Gasteiger charge is -2.23. The summed E-state index contributed by atoms with van der Waals surface area (Å²) in [5, 5.41) is 0.657. The van der Waals surface area contributed by atoms with E-state index in [4.69, 9.17) is 17.3 Å². The van der Waals surface area contributed by atoms with Crippen molar-refractivity contribution in [1.82, 2.24) is 4.98 Å². The summed E-state index contributed by atoms with van der Waals surface area (Å²) in [4.78, 5) is 4.21. The largest absolute Gasteiger partial charge is 0.323 e. The Labute approximate surface area is 90.5 Å². The minimum absolute atomic E-state index is 0.0799. The summed E-state index contributed by atoms with van der Waals surface area (Å²) in [6, 6.07) is 3.56. The maximum Gasteiger partial charge on any atom is 0.0756 e. The molecule has 2 nitrogen and oxygen atoms in total. The van der Waals surface area contributed by atoms with E-state index < -0.39 is 0 Å². The van der Waals surface area contributed by atoms with Gasteiger partial charge in [0.1, 0.15) is 0 Å². The van der Waals surface area contributed by atoms with E-state index >= 15 is 0 Å². The fraction of sp³-hybridized carbons (Fsp3) is 0.545. The predicted octanol–water partition coefficient (Wildman–Crippen LogP) is 3.17. The molecule has 2 N–H and O–H groups in total. The molecule has 1 aromatic heterocycles. The first-order chi connectivity index (χ1) is 6.40. The Kier molecular flexibility index (Phi) is 3.51. The SMILES string of the molecule is CC(C)(C)CC(N)c1ncccc1Cl. The van der Waals surface area contributed by atoms with Crippen molar-refractivity contribution in [1.29, 1.82) is 0 Å². The molecular formula is C11H17ClN2. The van der Waals surface area contributed by atoms with Crippen LogP contribution in [0.5, 0.6) is 0 Å². The van der Waals surface area contributed by atoms with Crippen molar-refractivity contribution in [3.63, 3.8) is 0 Å². The van der Waals surface area contributed by atoms with Gasteiger partial charge in [0.05, 0.1) is 10.7 Å². The molecule has 1 heterocycles. The van der Waals surface area contributed by atoms with Gasteiger partial charge in [0.15, 0.2) is 0 Å². The molecule has 1 atom stereocenters. The number of rotatable bonds is 2. The van der Waals surface area contributed by atoms with Crippen LogP contribution in [0.4, 0.5) is 0 Å². The highest BCUT2D eigenvalue weighted by molar-refractivity contribution is 6.31. The first kappa shape index (κ1) is 11.5. The first-order valence-electron chi connectivity index (χ1n) is 4.76. The molecule has 0 saturated heterocycles. The third kappa shape index (κ3) is 3.28. The van der Waals surface area contributed by atoms with Crippen molar-refractivity contribution in [2.24, 2.45) is 11.1 Å². The predicted molar refractivity (Wildman–Crippen MR) is 60.2 cm³/mol. The topological polar surface area (TPSA) is 38.9 Å². The Bertz CT molecular complexity index is 304. The van der Waals surface area contributed by atoms with Crippen LogP contribution in [0.15, 0.2) is 18.3 Å². The molecule has 0 aliphatic carbocycles.